The van der Waals surface area contributed by atoms with Crippen LogP contribution in [0.5, 0.6) is 0 Å². The molecule has 190 valence electrons. The second-order valence-electron chi connectivity index (χ2n) is 9.80. The molecular weight excluding hydrogens is 418 g/mol. The SMILES string of the molecule is C=CC(C(C)C)N(C(=C)N(C)C)C(C)/C(=C\C=C/N)C(=C)N1CCN(C/C(C)=C\C(C)=C/C)C1. The number of hydrogen-bond acceptors (Lipinski definition) is 5. The van der Waals surface area contributed by atoms with E-state index in [0.717, 1.165) is 43.4 Å². The van der Waals surface area contributed by atoms with Gasteiger partial charge in [0.05, 0.1) is 24.6 Å². The standard InChI is InChI=1S/C29H49N5/c1-12-23(5)19-24(6)20-32-17-18-33(21-32)25(7)28(15-14-16-30)26(8)34(27(9)31(10)11)29(13-2)22(3)4/h12-16,19,22,26,29H,2,7,9,17-18,20-21,30H2,1,3-6,8,10-11H3/b16-14-,23-12-,24-19-,28-15-. The monoisotopic (exact) mass is 467 g/mol. The average Bonchev–Trinajstić information content (AvgIpc) is 3.24. The highest BCUT2D eigenvalue weighted by atomic mass is 15.4. The number of hydrogen-bond donors (Lipinski definition) is 1. The van der Waals surface area contributed by atoms with Crippen molar-refractivity contribution in [2.24, 2.45) is 11.7 Å². The van der Waals surface area contributed by atoms with Crippen molar-refractivity contribution in [3.63, 3.8) is 0 Å². The fourth-order valence-corrected chi connectivity index (χ4v) is 4.42. The first-order valence-corrected chi connectivity index (χ1v) is 12.3. The van der Waals surface area contributed by atoms with Gasteiger partial charge < -0.3 is 20.4 Å². The van der Waals surface area contributed by atoms with E-state index in [9.17, 15) is 0 Å². The molecule has 0 aromatic heterocycles. The third-order valence-corrected chi connectivity index (χ3v) is 6.49. The van der Waals surface area contributed by atoms with Crippen molar-refractivity contribution in [2.75, 3.05) is 40.4 Å². The molecular formula is C29H49N5. The molecule has 2 N–H and O–H groups in total. The topological polar surface area (TPSA) is 39.0 Å². The Bertz CT molecular complexity index is 827. The first-order chi connectivity index (χ1) is 16.0. The predicted octanol–water partition coefficient (Wildman–Crippen LogP) is 5.32. The summed E-state index contributed by atoms with van der Waals surface area (Å²) in [5.74, 6) is 1.33. The Morgan fingerprint density at radius 1 is 1.12 bits per heavy atom. The molecule has 1 fully saturated rings. The number of nitrogens with two attached hydrogens (primary N) is 1. The predicted molar refractivity (Wildman–Crippen MR) is 150 cm³/mol. The molecule has 0 amide bonds. The van der Waals surface area contributed by atoms with Gasteiger partial charge in [0.25, 0.3) is 0 Å². The van der Waals surface area contributed by atoms with Crippen molar-refractivity contribution in [3.8, 4) is 0 Å². The first-order valence-electron chi connectivity index (χ1n) is 12.3. The Morgan fingerprint density at radius 3 is 2.26 bits per heavy atom. The smallest absolute Gasteiger partial charge is 0.0970 e. The molecule has 5 nitrogen and oxygen atoms in total. The van der Waals surface area contributed by atoms with Gasteiger partial charge in [-0.1, -0.05) is 62.5 Å². The lowest BCUT2D eigenvalue weighted by molar-refractivity contribution is 0.159. The van der Waals surface area contributed by atoms with Gasteiger partial charge >= 0.3 is 0 Å². The highest BCUT2D eigenvalue weighted by molar-refractivity contribution is 5.36. The normalized spacial score (nSPS) is 17.9. The molecule has 0 spiro atoms. The van der Waals surface area contributed by atoms with E-state index in [1.165, 1.54) is 11.1 Å². The van der Waals surface area contributed by atoms with Crippen LogP contribution in [0.4, 0.5) is 0 Å². The summed E-state index contributed by atoms with van der Waals surface area (Å²) < 4.78 is 0. The molecule has 1 heterocycles. The fourth-order valence-electron chi connectivity index (χ4n) is 4.42. The van der Waals surface area contributed by atoms with Crippen LogP contribution in [0.25, 0.3) is 0 Å². The van der Waals surface area contributed by atoms with Gasteiger partial charge in [-0.25, -0.2) is 0 Å². The largest absolute Gasteiger partial charge is 0.405 e. The Hall–Kier alpha value is -2.66. The van der Waals surface area contributed by atoms with Crippen LogP contribution in [0.15, 0.2) is 84.6 Å². The van der Waals surface area contributed by atoms with Crippen molar-refractivity contribution in [1.29, 1.82) is 0 Å². The molecule has 1 rings (SSSR count). The van der Waals surface area contributed by atoms with E-state index in [-0.39, 0.29) is 12.1 Å². The minimum atomic E-state index is 0.0389. The molecule has 2 atom stereocenters. The second kappa shape index (κ2) is 13.9. The molecule has 0 bridgehead atoms. The van der Waals surface area contributed by atoms with Gasteiger partial charge in [-0.05, 0) is 51.5 Å². The van der Waals surface area contributed by atoms with Crippen LogP contribution < -0.4 is 5.73 Å². The molecule has 1 aliphatic heterocycles. The molecule has 0 aromatic carbocycles. The lowest BCUT2D eigenvalue weighted by Crippen LogP contribution is -2.47. The molecule has 0 radical (unpaired) electrons. The lowest BCUT2D eigenvalue weighted by atomic mass is 9.96. The maximum atomic E-state index is 5.73. The van der Waals surface area contributed by atoms with Crippen molar-refractivity contribution in [3.05, 3.63) is 84.6 Å². The zero-order valence-electron chi connectivity index (χ0n) is 23.0. The summed E-state index contributed by atoms with van der Waals surface area (Å²) in [6.45, 7) is 29.9. The minimum Gasteiger partial charge on any atom is -0.405 e. The molecule has 5 heteroatoms. The summed E-state index contributed by atoms with van der Waals surface area (Å²) in [5.41, 5.74) is 10.6. The van der Waals surface area contributed by atoms with E-state index in [2.05, 4.69) is 99.1 Å². The van der Waals surface area contributed by atoms with E-state index < -0.39 is 0 Å². The zero-order chi connectivity index (χ0) is 26.0. The third kappa shape index (κ3) is 7.98. The van der Waals surface area contributed by atoms with Crippen LogP contribution in [-0.4, -0.2) is 72.1 Å². The lowest BCUT2D eigenvalue weighted by Gasteiger charge is -2.44. The maximum absolute atomic E-state index is 5.73. The Balaban J connectivity index is 3.20. The summed E-state index contributed by atoms with van der Waals surface area (Å²) in [6, 6.07) is 0.178. The highest BCUT2D eigenvalue weighted by Crippen LogP contribution is 2.30. The molecule has 0 saturated carbocycles. The van der Waals surface area contributed by atoms with Crippen LogP contribution in [0, 0.1) is 5.92 Å². The summed E-state index contributed by atoms with van der Waals surface area (Å²) in [7, 11) is 4.06. The van der Waals surface area contributed by atoms with Gasteiger partial charge in [-0.15, -0.1) is 6.58 Å². The second-order valence-corrected chi connectivity index (χ2v) is 9.80. The average molecular weight is 468 g/mol. The van der Waals surface area contributed by atoms with E-state index in [1.54, 1.807) is 6.20 Å². The van der Waals surface area contributed by atoms with Gasteiger partial charge in [0.1, 0.15) is 0 Å². The van der Waals surface area contributed by atoms with E-state index in [1.807, 2.05) is 26.2 Å². The zero-order valence-corrected chi connectivity index (χ0v) is 23.0. The third-order valence-electron chi connectivity index (χ3n) is 6.49. The molecule has 1 saturated heterocycles. The van der Waals surface area contributed by atoms with Crippen LogP contribution in [0.1, 0.15) is 41.5 Å². The molecule has 0 aliphatic carbocycles. The van der Waals surface area contributed by atoms with Gasteiger partial charge in [-0.2, -0.15) is 0 Å². The first kappa shape index (κ1) is 29.4. The van der Waals surface area contributed by atoms with Gasteiger partial charge in [0, 0.05) is 39.4 Å². The van der Waals surface area contributed by atoms with Crippen molar-refractivity contribution < 1.29 is 0 Å². The Labute approximate surface area is 210 Å². The molecule has 2 unspecified atom stereocenters. The van der Waals surface area contributed by atoms with Gasteiger partial charge in [0.2, 0.25) is 0 Å². The molecule has 34 heavy (non-hydrogen) atoms. The quantitative estimate of drug-likeness (QED) is 0.293. The van der Waals surface area contributed by atoms with Gasteiger partial charge in [0.15, 0.2) is 0 Å². The summed E-state index contributed by atoms with van der Waals surface area (Å²) in [6.07, 6.45) is 12.0. The summed E-state index contributed by atoms with van der Waals surface area (Å²) in [4.78, 5) is 9.25. The molecule has 0 aromatic rings. The van der Waals surface area contributed by atoms with Crippen molar-refractivity contribution in [2.45, 2.75) is 53.6 Å². The molecule has 1 aliphatic rings. The number of allylic oxidation sites excluding steroid dienone is 5. The summed E-state index contributed by atoms with van der Waals surface area (Å²) in [5, 5.41) is 0. The Morgan fingerprint density at radius 2 is 1.76 bits per heavy atom. The Kier molecular flexibility index (Phi) is 12.0. The van der Waals surface area contributed by atoms with Crippen molar-refractivity contribution >= 4 is 0 Å². The van der Waals surface area contributed by atoms with E-state index in [4.69, 9.17) is 5.73 Å². The minimum absolute atomic E-state index is 0.0389. The van der Waals surface area contributed by atoms with Gasteiger partial charge in [-0.3, -0.25) is 4.90 Å². The van der Waals surface area contributed by atoms with Crippen LogP contribution >= 0.6 is 0 Å². The number of nitrogens with zero attached hydrogens (tertiary/aromatic N) is 4. The van der Waals surface area contributed by atoms with Crippen LogP contribution in [0.3, 0.4) is 0 Å². The van der Waals surface area contributed by atoms with E-state index >= 15 is 0 Å². The van der Waals surface area contributed by atoms with Crippen LogP contribution in [-0.2, 0) is 0 Å². The maximum Gasteiger partial charge on any atom is 0.0970 e. The van der Waals surface area contributed by atoms with Crippen LogP contribution in [0.2, 0.25) is 0 Å². The fraction of sp³-hybridized carbons (Fsp3) is 0.517. The van der Waals surface area contributed by atoms with Crippen molar-refractivity contribution in [1.82, 2.24) is 19.6 Å². The number of rotatable bonds is 13. The summed E-state index contributed by atoms with van der Waals surface area (Å²) >= 11 is 0. The van der Waals surface area contributed by atoms with E-state index in [0.29, 0.717) is 5.92 Å². The highest BCUT2D eigenvalue weighted by Gasteiger charge is 2.31.